The van der Waals surface area contributed by atoms with Gasteiger partial charge in [0.05, 0.1) is 28.3 Å². The SMILES string of the molecule is O=C(O)c1cc(S(=O)(=O)NCc2ccco2)cc(Br)c1Cl. The molecule has 2 aromatic rings. The van der Waals surface area contributed by atoms with Gasteiger partial charge >= 0.3 is 5.97 Å². The smallest absolute Gasteiger partial charge is 0.337 e. The number of carbonyl (C=O) groups is 1. The predicted octanol–water partition coefficient (Wildman–Crippen LogP) is 2.87. The number of hydrogen-bond donors (Lipinski definition) is 2. The Labute approximate surface area is 133 Å². The highest BCUT2D eigenvalue weighted by molar-refractivity contribution is 9.10. The lowest BCUT2D eigenvalue weighted by Gasteiger charge is -2.09. The molecule has 0 amide bonds. The largest absolute Gasteiger partial charge is 0.478 e. The van der Waals surface area contributed by atoms with E-state index in [9.17, 15) is 13.2 Å². The summed E-state index contributed by atoms with van der Waals surface area (Å²) in [7, 11) is -3.89. The number of hydrogen-bond acceptors (Lipinski definition) is 4. The van der Waals surface area contributed by atoms with E-state index in [4.69, 9.17) is 21.1 Å². The second-order valence-electron chi connectivity index (χ2n) is 3.98. The summed E-state index contributed by atoms with van der Waals surface area (Å²) in [5.74, 6) is -0.881. The molecule has 0 aliphatic rings. The molecule has 1 heterocycles. The minimum Gasteiger partial charge on any atom is -0.478 e. The molecule has 112 valence electrons. The Morgan fingerprint density at radius 3 is 2.71 bits per heavy atom. The van der Waals surface area contributed by atoms with Gasteiger partial charge in [0.1, 0.15) is 5.76 Å². The van der Waals surface area contributed by atoms with Gasteiger partial charge in [0, 0.05) is 4.47 Å². The molecule has 0 spiro atoms. The highest BCUT2D eigenvalue weighted by Crippen LogP contribution is 2.30. The summed E-state index contributed by atoms with van der Waals surface area (Å²) in [5.41, 5.74) is -0.301. The van der Waals surface area contributed by atoms with Crippen LogP contribution in [0.1, 0.15) is 16.1 Å². The molecule has 0 radical (unpaired) electrons. The van der Waals surface area contributed by atoms with Crippen molar-refractivity contribution in [3.05, 3.63) is 51.3 Å². The molecule has 0 aliphatic carbocycles. The van der Waals surface area contributed by atoms with E-state index in [0.717, 1.165) is 6.07 Å². The van der Waals surface area contributed by atoms with Gasteiger partial charge in [-0.3, -0.25) is 0 Å². The molecular formula is C12H9BrClNO5S. The van der Waals surface area contributed by atoms with Crippen LogP contribution in [0.5, 0.6) is 0 Å². The summed E-state index contributed by atoms with van der Waals surface area (Å²) in [6, 6.07) is 5.48. The van der Waals surface area contributed by atoms with Crippen LogP contribution in [0, 0.1) is 0 Å². The Bertz CT molecular complexity index is 773. The van der Waals surface area contributed by atoms with E-state index >= 15 is 0 Å². The molecule has 0 unspecified atom stereocenters. The van der Waals surface area contributed by atoms with Gasteiger partial charge in [-0.25, -0.2) is 17.9 Å². The predicted molar refractivity (Wildman–Crippen MR) is 78.8 cm³/mol. The van der Waals surface area contributed by atoms with Gasteiger partial charge in [0.2, 0.25) is 10.0 Å². The van der Waals surface area contributed by atoms with Crippen LogP contribution >= 0.6 is 27.5 Å². The van der Waals surface area contributed by atoms with Gasteiger partial charge in [-0.15, -0.1) is 0 Å². The van der Waals surface area contributed by atoms with Gasteiger partial charge in [-0.1, -0.05) is 11.6 Å². The molecule has 2 rings (SSSR count). The van der Waals surface area contributed by atoms with Crippen LogP contribution in [0.2, 0.25) is 5.02 Å². The maximum absolute atomic E-state index is 12.2. The van der Waals surface area contributed by atoms with E-state index in [-0.39, 0.29) is 26.5 Å². The molecule has 1 aromatic carbocycles. The van der Waals surface area contributed by atoms with E-state index in [1.165, 1.54) is 12.3 Å². The van der Waals surface area contributed by atoms with Gasteiger partial charge in [0.15, 0.2) is 0 Å². The number of sulfonamides is 1. The highest BCUT2D eigenvalue weighted by Gasteiger charge is 2.21. The standard InChI is InChI=1S/C12H9BrClNO5S/c13-10-5-8(4-9(11(10)14)12(16)17)21(18,19)15-6-7-2-1-3-20-7/h1-5,15H,6H2,(H,16,17). The van der Waals surface area contributed by atoms with E-state index in [0.29, 0.717) is 5.76 Å². The first-order chi connectivity index (χ1) is 9.81. The summed E-state index contributed by atoms with van der Waals surface area (Å²) in [6.07, 6.45) is 1.42. The molecule has 0 bridgehead atoms. The maximum atomic E-state index is 12.2. The summed E-state index contributed by atoms with van der Waals surface area (Å²) >= 11 is 8.85. The van der Waals surface area contributed by atoms with E-state index in [1.807, 2.05) is 0 Å². The zero-order valence-corrected chi connectivity index (χ0v) is 13.5. The summed E-state index contributed by atoms with van der Waals surface area (Å²) in [4.78, 5) is 10.9. The molecule has 0 fully saturated rings. The number of furan rings is 1. The van der Waals surface area contributed by atoms with Crippen molar-refractivity contribution in [2.75, 3.05) is 0 Å². The highest BCUT2D eigenvalue weighted by atomic mass is 79.9. The monoisotopic (exact) mass is 393 g/mol. The number of aromatic carboxylic acids is 1. The van der Waals surface area contributed by atoms with Crippen LogP contribution in [0.25, 0.3) is 0 Å². The Hall–Kier alpha value is -1.35. The Morgan fingerprint density at radius 2 is 2.14 bits per heavy atom. The number of rotatable bonds is 5. The normalized spacial score (nSPS) is 11.5. The Morgan fingerprint density at radius 1 is 1.43 bits per heavy atom. The molecular weight excluding hydrogens is 386 g/mol. The first-order valence-electron chi connectivity index (χ1n) is 5.55. The number of benzene rings is 1. The van der Waals surface area contributed by atoms with Crippen LogP contribution < -0.4 is 4.72 Å². The Kier molecular flexibility index (Phi) is 4.72. The maximum Gasteiger partial charge on any atom is 0.337 e. The fraction of sp³-hybridized carbons (Fsp3) is 0.0833. The van der Waals surface area contributed by atoms with Crippen LogP contribution in [0.15, 0.2) is 44.3 Å². The van der Waals surface area contributed by atoms with Crippen molar-refractivity contribution in [2.24, 2.45) is 0 Å². The average molecular weight is 395 g/mol. The van der Waals surface area contributed by atoms with Crippen LogP contribution in [-0.2, 0) is 16.6 Å². The van der Waals surface area contributed by atoms with Crippen molar-refractivity contribution in [1.82, 2.24) is 4.72 Å². The van der Waals surface area contributed by atoms with Crippen molar-refractivity contribution in [3.8, 4) is 0 Å². The molecule has 9 heteroatoms. The molecule has 0 saturated carbocycles. The number of nitrogens with one attached hydrogen (secondary N) is 1. The van der Waals surface area contributed by atoms with Gasteiger partial charge < -0.3 is 9.52 Å². The molecule has 2 N–H and O–H groups in total. The van der Waals surface area contributed by atoms with Crippen molar-refractivity contribution in [3.63, 3.8) is 0 Å². The van der Waals surface area contributed by atoms with Gasteiger partial charge in [-0.2, -0.15) is 0 Å². The fourth-order valence-electron chi connectivity index (χ4n) is 1.54. The van der Waals surface area contributed by atoms with Crippen LogP contribution in [0.4, 0.5) is 0 Å². The third kappa shape index (κ3) is 3.65. The van der Waals surface area contributed by atoms with Crippen molar-refractivity contribution in [1.29, 1.82) is 0 Å². The van der Waals surface area contributed by atoms with Gasteiger partial charge in [0.25, 0.3) is 0 Å². The third-order valence-corrected chi connectivity index (χ3v) is 5.20. The minimum atomic E-state index is -3.89. The quantitative estimate of drug-likeness (QED) is 0.813. The second kappa shape index (κ2) is 6.18. The first kappa shape index (κ1) is 16.0. The fourth-order valence-corrected chi connectivity index (χ4v) is 3.38. The van der Waals surface area contributed by atoms with Crippen molar-refractivity contribution < 1.29 is 22.7 Å². The van der Waals surface area contributed by atoms with Gasteiger partial charge in [-0.05, 0) is 40.2 Å². The van der Waals surface area contributed by atoms with E-state index in [1.54, 1.807) is 12.1 Å². The van der Waals surface area contributed by atoms with Crippen LogP contribution in [-0.4, -0.2) is 19.5 Å². The molecule has 0 atom stereocenters. The molecule has 6 nitrogen and oxygen atoms in total. The lowest BCUT2D eigenvalue weighted by Crippen LogP contribution is -2.23. The Balaban J connectivity index is 2.33. The zero-order valence-electron chi connectivity index (χ0n) is 10.3. The lowest BCUT2D eigenvalue weighted by molar-refractivity contribution is 0.0696. The van der Waals surface area contributed by atoms with Crippen molar-refractivity contribution in [2.45, 2.75) is 11.4 Å². The summed E-state index contributed by atoms with van der Waals surface area (Å²) in [6.45, 7) is -0.0437. The van der Waals surface area contributed by atoms with E-state index in [2.05, 4.69) is 20.7 Å². The molecule has 21 heavy (non-hydrogen) atoms. The average Bonchev–Trinajstić information content (AvgIpc) is 2.92. The third-order valence-electron chi connectivity index (χ3n) is 2.56. The summed E-state index contributed by atoms with van der Waals surface area (Å²) in [5, 5.41) is 8.96. The number of halogens is 2. The number of carboxylic acids is 1. The lowest BCUT2D eigenvalue weighted by atomic mass is 10.2. The molecule has 1 aromatic heterocycles. The zero-order chi connectivity index (χ0) is 15.6. The molecule has 0 aliphatic heterocycles. The van der Waals surface area contributed by atoms with Crippen molar-refractivity contribution >= 4 is 43.5 Å². The van der Waals surface area contributed by atoms with E-state index < -0.39 is 16.0 Å². The summed E-state index contributed by atoms with van der Waals surface area (Å²) < 4.78 is 31.8. The molecule has 0 saturated heterocycles. The first-order valence-corrected chi connectivity index (χ1v) is 8.21. The minimum absolute atomic E-state index is 0.0437. The topological polar surface area (TPSA) is 96.6 Å². The second-order valence-corrected chi connectivity index (χ2v) is 6.97. The number of carboxylic acid groups (broad SMARTS) is 1. The van der Waals surface area contributed by atoms with Crippen LogP contribution in [0.3, 0.4) is 0 Å².